The van der Waals surface area contributed by atoms with E-state index in [-0.39, 0.29) is 23.0 Å². The van der Waals surface area contributed by atoms with Gasteiger partial charge in [-0.3, -0.25) is 4.79 Å². The van der Waals surface area contributed by atoms with E-state index in [4.69, 9.17) is 5.11 Å². The van der Waals surface area contributed by atoms with Gasteiger partial charge >= 0.3 is 5.97 Å². The molecule has 0 saturated heterocycles. The molecule has 0 bridgehead atoms. The molecular weight excluding hydrogens is 236 g/mol. The Labute approximate surface area is 102 Å². The van der Waals surface area contributed by atoms with E-state index in [0.29, 0.717) is 0 Å². The lowest BCUT2D eigenvalue weighted by Crippen LogP contribution is -2.26. The Balaban J connectivity index is 2.54. The molecule has 0 aliphatic rings. The van der Waals surface area contributed by atoms with Gasteiger partial charge in [0.05, 0.1) is 11.8 Å². The molecule has 2 heterocycles. The largest absolute Gasteiger partial charge is 0.478 e. The van der Waals surface area contributed by atoms with Crippen LogP contribution in [0.5, 0.6) is 0 Å². The minimum atomic E-state index is -1.10. The van der Waals surface area contributed by atoms with Gasteiger partial charge in [0.25, 0.3) is 5.56 Å². The number of aromatic nitrogens is 4. The van der Waals surface area contributed by atoms with Crippen molar-refractivity contribution in [2.75, 3.05) is 0 Å². The Morgan fingerprint density at radius 3 is 2.72 bits per heavy atom. The molecule has 0 spiro atoms. The zero-order valence-corrected chi connectivity index (χ0v) is 9.94. The molecular formula is C11H12N4O3. The standard InChI is InChI=1S/C11H12N4O3/c1-7(2)14-4-3-12-9(10(14)16)15-6-8(5-13-15)11(17)18/h3-7H,1-2H3,(H,17,18). The van der Waals surface area contributed by atoms with Crippen LogP contribution in [-0.2, 0) is 0 Å². The SMILES string of the molecule is CC(C)n1ccnc(-n2cc(C(=O)O)cn2)c1=O. The molecule has 0 aromatic carbocycles. The number of carboxylic acids is 1. The molecule has 0 saturated carbocycles. The van der Waals surface area contributed by atoms with Crippen LogP contribution in [0, 0.1) is 0 Å². The predicted molar refractivity (Wildman–Crippen MR) is 63.0 cm³/mol. The lowest BCUT2D eigenvalue weighted by atomic mass is 10.4. The fourth-order valence-electron chi connectivity index (χ4n) is 1.53. The van der Waals surface area contributed by atoms with Crippen molar-refractivity contribution >= 4 is 5.97 Å². The maximum atomic E-state index is 12.1. The minimum absolute atomic E-state index is 0.00578. The van der Waals surface area contributed by atoms with E-state index in [0.717, 1.165) is 0 Å². The number of aromatic carboxylic acids is 1. The second kappa shape index (κ2) is 4.44. The van der Waals surface area contributed by atoms with Gasteiger partial charge in [-0.2, -0.15) is 5.10 Å². The highest BCUT2D eigenvalue weighted by Gasteiger charge is 2.12. The molecule has 0 radical (unpaired) electrons. The molecule has 18 heavy (non-hydrogen) atoms. The van der Waals surface area contributed by atoms with Gasteiger partial charge in [0.2, 0.25) is 5.82 Å². The van der Waals surface area contributed by atoms with Crippen LogP contribution in [0.4, 0.5) is 0 Å². The van der Waals surface area contributed by atoms with Crippen molar-refractivity contribution in [3.05, 3.63) is 40.7 Å². The Morgan fingerprint density at radius 2 is 2.17 bits per heavy atom. The fourth-order valence-corrected chi connectivity index (χ4v) is 1.53. The van der Waals surface area contributed by atoms with Crippen molar-refractivity contribution in [2.45, 2.75) is 19.9 Å². The van der Waals surface area contributed by atoms with E-state index >= 15 is 0 Å². The van der Waals surface area contributed by atoms with Crippen molar-refractivity contribution in [3.8, 4) is 5.82 Å². The van der Waals surface area contributed by atoms with Gasteiger partial charge in [0, 0.05) is 24.6 Å². The van der Waals surface area contributed by atoms with Gasteiger partial charge < -0.3 is 9.67 Å². The average Bonchev–Trinajstić information content (AvgIpc) is 2.78. The summed E-state index contributed by atoms with van der Waals surface area (Å²) in [6, 6.07) is -0.00578. The van der Waals surface area contributed by atoms with Gasteiger partial charge in [-0.25, -0.2) is 14.5 Å². The van der Waals surface area contributed by atoms with E-state index in [1.165, 1.54) is 27.8 Å². The maximum Gasteiger partial charge on any atom is 0.338 e. The highest BCUT2D eigenvalue weighted by atomic mass is 16.4. The number of hydrogen-bond donors (Lipinski definition) is 1. The first-order chi connectivity index (χ1) is 8.50. The Bertz CT molecular complexity index is 642. The first kappa shape index (κ1) is 12.0. The zero-order valence-electron chi connectivity index (χ0n) is 9.94. The van der Waals surface area contributed by atoms with Crippen LogP contribution in [0.25, 0.3) is 5.82 Å². The summed E-state index contributed by atoms with van der Waals surface area (Å²) >= 11 is 0. The Kier molecular flexibility index (Phi) is 2.97. The summed E-state index contributed by atoms with van der Waals surface area (Å²) in [6.45, 7) is 3.74. The smallest absolute Gasteiger partial charge is 0.338 e. The third-order valence-electron chi connectivity index (χ3n) is 2.45. The zero-order chi connectivity index (χ0) is 13.3. The van der Waals surface area contributed by atoms with Crippen LogP contribution in [-0.4, -0.2) is 30.4 Å². The molecule has 0 aliphatic heterocycles. The first-order valence-corrected chi connectivity index (χ1v) is 5.36. The minimum Gasteiger partial charge on any atom is -0.478 e. The quantitative estimate of drug-likeness (QED) is 0.863. The van der Waals surface area contributed by atoms with Gasteiger partial charge in [0.1, 0.15) is 0 Å². The highest BCUT2D eigenvalue weighted by molar-refractivity contribution is 5.86. The second-order valence-electron chi connectivity index (χ2n) is 4.04. The Morgan fingerprint density at radius 1 is 1.44 bits per heavy atom. The summed E-state index contributed by atoms with van der Waals surface area (Å²) in [5.74, 6) is -1.01. The summed E-state index contributed by atoms with van der Waals surface area (Å²) < 4.78 is 2.68. The lowest BCUT2D eigenvalue weighted by molar-refractivity contribution is 0.0697. The molecule has 2 rings (SSSR count). The molecule has 0 aliphatic carbocycles. The monoisotopic (exact) mass is 248 g/mol. The maximum absolute atomic E-state index is 12.1. The third-order valence-corrected chi connectivity index (χ3v) is 2.45. The van der Waals surface area contributed by atoms with Crippen molar-refractivity contribution in [2.24, 2.45) is 0 Å². The van der Waals surface area contributed by atoms with Crippen molar-refractivity contribution in [1.29, 1.82) is 0 Å². The van der Waals surface area contributed by atoms with Gasteiger partial charge in [-0.05, 0) is 13.8 Å². The van der Waals surface area contributed by atoms with Gasteiger partial charge in [-0.15, -0.1) is 0 Å². The van der Waals surface area contributed by atoms with Crippen LogP contribution in [0.3, 0.4) is 0 Å². The summed E-state index contributed by atoms with van der Waals surface area (Å²) in [7, 11) is 0. The van der Waals surface area contributed by atoms with E-state index in [1.54, 1.807) is 6.20 Å². The molecule has 7 nitrogen and oxygen atoms in total. The van der Waals surface area contributed by atoms with E-state index in [1.807, 2.05) is 13.8 Å². The fraction of sp³-hybridized carbons (Fsp3) is 0.273. The van der Waals surface area contributed by atoms with Gasteiger partial charge in [0.15, 0.2) is 0 Å². The van der Waals surface area contributed by atoms with Gasteiger partial charge in [-0.1, -0.05) is 0 Å². The van der Waals surface area contributed by atoms with Crippen molar-refractivity contribution in [3.63, 3.8) is 0 Å². The third kappa shape index (κ3) is 2.02. The molecule has 2 aromatic rings. The summed E-state index contributed by atoms with van der Waals surface area (Å²) in [5.41, 5.74) is -0.302. The van der Waals surface area contributed by atoms with Crippen LogP contribution in [0.1, 0.15) is 30.2 Å². The molecule has 0 unspecified atom stereocenters. The number of rotatable bonds is 3. The molecule has 0 amide bonds. The van der Waals surface area contributed by atoms with Crippen LogP contribution >= 0.6 is 0 Å². The highest BCUT2D eigenvalue weighted by Crippen LogP contribution is 2.04. The number of nitrogens with zero attached hydrogens (tertiary/aromatic N) is 4. The predicted octanol–water partition coefficient (Wildman–Crippen LogP) is 0.708. The van der Waals surface area contributed by atoms with Crippen molar-refractivity contribution in [1.82, 2.24) is 19.3 Å². The summed E-state index contributed by atoms with van der Waals surface area (Å²) in [4.78, 5) is 26.8. The molecule has 7 heteroatoms. The van der Waals surface area contributed by atoms with Crippen molar-refractivity contribution < 1.29 is 9.90 Å². The normalized spacial score (nSPS) is 10.8. The molecule has 1 N–H and O–H groups in total. The first-order valence-electron chi connectivity index (χ1n) is 5.36. The molecule has 2 aromatic heterocycles. The topological polar surface area (TPSA) is 90.0 Å². The van der Waals surface area contributed by atoms with Crippen LogP contribution in [0.15, 0.2) is 29.6 Å². The number of carboxylic acid groups (broad SMARTS) is 1. The van der Waals surface area contributed by atoms with Crippen LogP contribution in [0.2, 0.25) is 0 Å². The molecule has 0 fully saturated rings. The van der Waals surface area contributed by atoms with Crippen LogP contribution < -0.4 is 5.56 Å². The molecule has 0 atom stereocenters. The van der Waals surface area contributed by atoms with E-state index in [9.17, 15) is 9.59 Å². The summed E-state index contributed by atoms with van der Waals surface area (Å²) in [6.07, 6.45) is 5.50. The Hall–Kier alpha value is -2.44. The second-order valence-corrected chi connectivity index (χ2v) is 4.04. The average molecular weight is 248 g/mol. The lowest BCUT2D eigenvalue weighted by Gasteiger charge is -2.10. The van der Waals surface area contributed by atoms with E-state index in [2.05, 4.69) is 10.1 Å². The number of hydrogen-bond acceptors (Lipinski definition) is 4. The number of carbonyl (C=O) groups is 1. The van der Waals surface area contributed by atoms with E-state index < -0.39 is 5.97 Å². The molecule has 94 valence electrons. The summed E-state index contributed by atoms with van der Waals surface area (Å²) in [5, 5.41) is 12.6.